The highest BCUT2D eigenvalue weighted by Gasteiger charge is 2.19. The summed E-state index contributed by atoms with van der Waals surface area (Å²) in [4.78, 5) is 38.2. The predicted octanol–water partition coefficient (Wildman–Crippen LogP) is 24.1. The van der Waals surface area contributed by atoms with Crippen LogP contribution in [0, 0.1) is 0 Å². The molecule has 0 radical (unpaired) electrons. The fraction of sp³-hybridized carbons (Fsp3) is 0.797. The molecule has 0 bridgehead atoms. The lowest BCUT2D eigenvalue weighted by Crippen LogP contribution is -2.30. The molecule has 0 N–H and O–H groups in total. The van der Waals surface area contributed by atoms with Crippen molar-refractivity contribution in [2.75, 3.05) is 13.2 Å². The van der Waals surface area contributed by atoms with Crippen LogP contribution in [-0.4, -0.2) is 37.2 Å². The van der Waals surface area contributed by atoms with Crippen molar-refractivity contribution in [2.45, 2.75) is 367 Å². The van der Waals surface area contributed by atoms with E-state index < -0.39 is 6.10 Å². The Bertz CT molecular complexity index is 1470. The third-order valence-electron chi connectivity index (χ3n) is 15.4. The number of hydrogen-bond acceptors (Lipinski definition) is 6. The van der Waals surface area contributed by atoms with Crippen LogP contribution in [-0.2, 0) is 28.6 Å². The molecule has 0 aliphatic heterocycles. The molecule has 0 aromatic heterocycles. The highest BCUT2D eigenvalue weighted by molar-refractivity contribution is 5.71. The van der Waals surface area contributed by atoms with E-state index in [-0.39, 0.29) is 31.1 Å². The van der Waals surface area contributed by atoms with Gasteiger partial charge in [-0.25, -0.2) is 0 Å². The van der Waals surface area contributed by atoms with Crippen molar-refractivity contribution < 1.29 is 28.6 Å². The molecule has 0 aromatic carbocycles. The van der Waals surface area contributed by atoms with Crippen LogP contribution in [0.15, 0.2) is 72.9 Å². The van der Waals surface area contributed by atoms with Gasteiger partial charge in [-0.15, -0.1) is 0 Å². The second kappa shape index (κ2) is 68.3. The molecule has 0 fully saturated rings. The SMILES string of the molecule is CC/C=C\C/C=C\C/C=C\C/C=C\CCCCCCC(=O)OC(COC(=O)CCCCCCC/C=C\CCC)COC(=O)CCCCCCCCCCCCCCCCCCCCCCCCC/C=C\CCCCCCCCCC. The van der Waals surface area contributed by atoms with Crippen molar-refractivity contribution in [2.24, 2.45) is 0 Å². The fourth-order valence-corrected chi connectivity index (χ4v) is 10.2. The second-order valence-corrected chi connectivity index (χ2v) is 23.4. The normalized spacial score (nSPS) is 12.5. The molecule has 0 amide bonds. The second-order valence-electron chi connectivity index (χ2n) is 23.4. The fourth-order valence-electron chi connectivity index (χ4n) is 10.2. The Hall–Kier alpha value is -3.15. The van der Waals surface area contributed by atoms with Crippen LogP contribution in [0.4, 0.5) is 0 Å². The molecule has 0 saturated carbocycles. The molecule has 80 heavy (non-hydrogen) atoms. The van der Waals surface area contributed by atoms with Crippen LogP contribution >= 0.6 is 0 Å². The molecule has 0 aliphatic carbocycles. The molecule has 6 nitrogen and oxygen atoms in total. The van der Waals surface area contributed by atoms with Gasteiger partial charge in [0, 0.05) is 19.3 Å². The van der Waals surface area contributed by atoms with Crippen molar-refractivity contribution in [3.63, 3.8) is 0 Å². The van der Waals surface area contributed by atoms with Gasteiger partial charge in [0.1, 0.15) is 13.2 Å². The molecular weight excluding hydrogens is 985 g/mol. The first-order chi connectivity index (χ1) is 39.5. The maximum absolute atomic E-state index is 12.9. The molecule has 0 saturated heterocycles. The molecule has 464 valence electrons. The standard InChI is InChI=1S/C74H132O6/c1-4-7-10-13-16-19-22-24-26-28-29-30-31-32-33-34-35-36-37-38-39-40-41-42-43-44-45-47-48-50-52-55-58-61-64-67-73(76)79-70-71(69-78-72(75)66-63-60-57-54-21-18-15-12-9-6-3)80-74(77)68-65-62-59-56-53-51-49-46-27-25-23-20-17-14-11-8-5-2/h8,11-12,15,17,20,25,27-29,49,51,71H,4-7,9-10,13-14,16,18-19,21-24,26,30-48,50,52-70H2,1-3H3/b11-8-,15-12-,20-17-,27-25-,29-28-,51-49-. The first kappa shape index (κ1) is 76.9. The average molecular weight is 1120 g/mol. The predicted molar refractivity (Wildman–Crippen MR) is 348 cm³/mol. The Kier molecular flexibility index (Phi) is 65.7. The van der Waals surface area contributed by atoms with Crippen molar-refractivity contribution >= 4 is 17.9 Å². The third kappa shape index (κ3) is 65.7. The van der Waals surface area contributed by atoms with Gasteiger partial charge in [-0.3, -0.25) is 14.4 Å². The monoisotopic (exact) mass is 1120 g/mol. The Morgan fingerprint density at radius 2 is 0.512 bits per heavy atom. The van der Waals surface area contributed by atoms with E-state index >= 15 is 0 Å². The van der Waals surface area contributed by atoms with E-state index in [0.29, 0.717) is 19.3 Å². The molecule has 0 rings (SSSR count). The van der Waals surface area contributed by atoms with Crippen LogP contribution in [0.25, 0.3) is 0 Å². The maximum Gasteiger partial charge on any atom is 0.306 e. The van der Waals surface area contributed by atoms with Gasteiger partial charge in [-0.1, -0.05) is 312 Å². The molecule has 0 spiro atoms. The van der Waals surface area contributed by atoms with Gasteiger partial charge in [0.05, 0.1) is 0 Å². The van der Waals surface area contributed by atoms with Gasteiger partial charge in [-0.2, -0.15) is 0 Å². The first-order valence-corrected chi connectivity index (χ1v) is 34.9. The van der Waals surface area contributed by atoms with E-state index in [2.05, 4.69) is 93.7 Å². The van der Waals surface area contributed by atoms with Gasteiger partial charge >= 0.3 is 17.9 Å². The van der Waals surface area contributed by atoms with Gasteiger partial charge in [0.25, 0.3) is 0 Å². The summed E-state index contributed by atoms with van der Waals surface area (Å²) in [7, 11) is 0. The molecule has 6 heteroatoms. The summed E-state index contributed by atoms with van der Waals surface area (Å²) in [6.07, 6.45) is 89.7. The average Bonchev–Trinajstić information content (AvgIpc) is 3.46. The molecule has 0 aromatic rings. The van der Waals surface area contributed by atoms with Crippen molar-refractivity contribution in [3.05, 3.63) is 72.9 Å². The summed E-state index contributed by atoms with van der Waals surface area (Å²) in [5, 5.41) is 0. The lowest BCUT2D eigenvalue weighted by Gasteiger charge is -2.18. The zero-order chi connectivity index (χ0) is 57.8. The van der Waals surface area contributed by atoms with Gasteiger partial charge < -0.3 is 14.2 Å². The Labute approximate surface area is 497 Å². The number of esters is 3. The van der Waals surface area contributed by atoms with E-state index in [1.54, 1.807) is 0 Å². The highest BCUT2D eigenvalue weighted by atomic mass is 16.6. The zero-order valence-corrected chi connectivity index (χ0v) is 53.3. The summed E-state index contributed by atoms with van der Waals surface area (Å²) in [5.41, 5.74) is 0. The largest absolute Gasteiger partial charge is 0.462 e. The summed E-state index contributed by atoms with van der Waals surface area (Å²) >= 11 is 0. The highest BCUT2D eigenvalue weighted by Crippen LogP contribution is 2.18. The van der Waals surface area contributed by atoms with Crippen molar-refractivity contribution in [3.8, 4) is 0 Å². The summed E-state index contributed by atoms with van der Waals surface area (Å²) < 4.78 is 16.9. The maximum atomic E-state index is 12.9. The van der Waals surface area contributed by atoms with E-state index in [4.69, 9.17) is 14.2 Å². The van der Waals surface area contributed by atoms with Crippen LogP contribution in [0.5, 0.6) is 0 Å². The zero-order valence-electron chi connectivity index (χ0n) is 53.3. The lowest BCUT2D eigenvalue weighted by molar-refractivity contribution is -0.167. The van der Waals surface area contributed by atoms with Crippen LogP contribution in [0.2, 0.25) is 0 Å². The number of unbranched alkanes of at least 4 members (excludes halogenated alkanes) is 41. The van der Waals surface area contributed by atoms with Gasteiger partial charge in [-0.05, 0) is 103 Å². The molecule has 0 aliphatic rings. The summed E-state index contributed by atoms with van der Waals surface area (Å²) in [6.45, 7) is 6.47. The van der Waals surface area contributed by atoms with Gasteiger partial charge in [0.15, 0.2) is 6.10 Å². The Balaban J connectivity index is 4.04. The number of carbonyl (C=O) groups excluding carboxylic acids is 3. The molecular formula is C74H132O6. The number of rotatable bonds is 64. The number of allylic oxidation sites excluding steroid dienone is 12. The quantitative estimate of drug-likeness (QED) is 0.0261. The van der Waals surface area contributed by atoms with Crippen LogP contribution < -0.4 is 0 Å². The summed E-state index contributed by atoms with van der Waals surface area (Å²) in [5.74, 6) is -0.906. The van der Waals surface area contributed by atoms with E-state index in [0.717, 1.165) is 109 Å². The number of ether oxygens (including phenoxy) is 3. The first-order valence-electron chi connectivity index (χ1n) is 34.9. The smallest absolute Gasteiger partial charge is 0.306 e. The Morgan fingerprint density at radius 3 is 0.825 bits per heavy atom. The van der Waals surface area contributed by atoms with Gasteiger partial charge in [0.2, 0.25) is 0 Å². The topological polar surface area (TPSA) is 78.9 Å². The van der Waals surface area contributed by atoms with E-state index in [9.17, 15) is 14.4 Å². The molecule has 1 atom stereocenters. The van der Waals surface area contributed by atoms with Crippen LogP contribution in [0.3, 0.4) is 0 Å². The number of carbonyl (C=O) groups is 3. The lowest BCUT2D eigenvalue weighted by atomic mass is 10.0. The minimum Gasteiger partial charge on any atom is -0.462 e. The van der Waals surface area contributed by atoms with E-state index in [1.165, 1.54) is 212 Å². The van der Waals surface area contributed by atoms with Crippen molar-refractivity contribution in [1.29, 1.82) is 0 Å². The van der Waals surface area contributed by atoms with Crippen LogP contribution in [0.1, 0.15) is 361 Å². The minimum absolute atomic E-state index is 0.0854. The van der Waals surface area contributed by atoms with Crippen molar-refractivity contribution in [1.82, 2.24) is 0 Å². The number of hydrogen-bond donors (Lipinski definition) is 0. The summed E-state index contributed by atoms with van der Waals surface area (Å²) in [6, 6.07) is 0. The Morgan fingerprint density at radius 1 is 0.263 bits per heavy atom. The molecule has 0 heterocycles. The molecule has 1 unspecified atom stereocenters. The van der Waals surface area contributed by atoms with E-state index in [1.807, 2.05) is 0 Å². The third-order valence-corrected chi connectivity index (χ3v) is 15.4. The minimum atomic E-state index is -0.791.